The summed E-state index contributed by atoms with van der Waals surface area (Å²) >= 11 is 0. The highest BCUT2D eigenvalue weighted by atomic mass is 32.2. The van der Waals surface area contributed by atoms with Gasteiger partial charge in [0.25, 0.3) is 0 Å². The number of carbonyl (C=O) groups excluding carboxylic acids is 1. The van der Waals surface area contributed by atoms with Gasteiger partial charge in [0.15, 0.2) is 9.84 Å². The van der Waals surface area contributed by atoms with Crippen LogP contribution in [-0.2, 0) is 14.6 Å². The molecular formula is C18H18F2N2O4S. The first-order valence-electron chi connectivity index (χ1n) is 8.15. The average molecular weight is 396 g/mol. The molecule has 0 spiro atoms. The Morgan fingerprint density at radius 2 is 1.74 bits per heavy atom. The van der Waals surface area contributed by atoms with Gasteiger partial charge in [-0.1, -0.05) is 24.3 Å². The molecule has 2 aromatic carbocycles. The van der Waals surface area contributed by atoms with Gasteiger partial charge in [-0.25, -0.2) is 22.0 Å². The maximum absolute atomic E-state index is 14.1. The van der Waals surface area contributed by atoms with Crippen molar-refractivity contribution in [2.75, 3.05) is 23.9 Å². The second-order valence-electron chi connectivity index (χ2n) is 6.20. The number of amides is 2. The number of sulfone groups is 1. The molecule has 1 saturated heterocycles. The molecule has 2 amide bonds. The Labute approximate surface area is 155 Å². The first-order valence-corrected chi connectivity index (χ1v) is 9.97. The summed E-state index contributed by atoms with van der Waals surface area (Å²) in [5, 5.41) is 5.08. The minimum absolute atomic E-state index is 0.172. The van der Waals surface area contributed by atoms with E-state index in [9.17, 15) is 22.0 Å². The molecule has 9 heteroatoms. The highest BCUT2D eigenvalue weighted by Crippen LogP contribution is 2.32. The van der Waals surface area contributed by atoms with Crippen molar-refractivity contribution in [2.24, 2.45) is 0 Å². The zero-order valence-electron chi connectivity index (χ0n) is 14.4. The molecule has 144 valence electrons. The highest BCUT2D eigenvalue weighted by molar-refractivity contribution is 7.91. The molecule has 1 aliphatic heterocycles. The van der Waals surface area contributed by atoms with E-state index < -0.39 is 39.6 Å². The van der Waals surface area contributed by atoms with Crippen molar-refractivity contribution in [3.63, 3.8) is 0 Å². The van der Waals surface area contributed by atoms with Crippen LogP contribution >= 0.6 is 0 Å². The molecule has 0 aromatic heterocycles. The monoisotopic (exact) mass is 396 g/mol. The van der Waals surface area contributed by atoms with E-state index >= 15 is 0 Å². The van der Waals surface area contributed by atoms with Crippen molar-refractivity contribution in [1.29, 1.82) is 0 Å². The lowest BCUT2D eigenvalue weighted by Gasteiger charge is -2.19. The van der Waals surface area contributed by atoms with Crippen molar-refractivity contribution in [2.45, 2.75) is 12.1 Å². The number of urea groups is 1. The smallest absolute Gasteiger partial charge is 0.319 e. The van der Waals surface area contributed by atoms with Gasteiger partial charge in [0.1, 0.15) is 11.6 Å². The fourth-order valence-corrected chi connectivity index (χ4v) is 4.92. The van der Waals surface area contributed by atoms with E-state index in [4.69, 9.17) is 4.74 Å². The van der Waals surface area contributed by atoms with E-state index in [1.165, 1.54) is 25.3 Å². The zero-order chi connectivity index (χ0) is 19.6. The number of anilines is 1. The quantitative estimate of drug-likeness (QED) is 0.832. The van der Waals surface area contributed by atoms with Crippen molar-refractivity contribution in [3.05, 3.63) is 54.1 Å². The molecule has 1 heterocycles. The van der Waals surface area contributed by atoms with E-state index in [-0.39, 0.29) is 28.3 Å². The normalized spacial score (nSPS) is 21.0. The SMILES string of the molecule is COC1CS(=O)(=O)CC1NC(=O)Nc1ccccc1-c1c(F)cccc1F. The van der Waals surface area contributed by atoms with Gasteiger partial charge in [0.05, 0.1) is 34.9 Å². The summed E-state index contributed by atoms with van der Waals surface area (Å²) in [5.74, 6) is -1.93. The third-order valence-corrected chi connectivity index (χ3v) is 6.03. The topological polar surface area (TPSA) is 84.5 Å². The van der Waals surface area contributed by atoms with Crippen LogP contribution in [0.3, 0.4) is 0 Å². The van der Waals surface area contributed by atoms with Crippen LogP contribution in [0.4, 0.5) is 19.3 Å². The van der Waals surface area contributed by atoms with Crippen molar-refractivity contribution >= 4 is 21.6 Å². The zero-order valence-corrected chi connectivity index (χ0v) is 15.2. The van der Waals surface area contributed by atoms with Crippen LogP contribution in [0.2, 0.25) is 0 Å². The summed E-state index contributed by atoms with van der Waals surface area (Å²) in [6, 6.07) is 8.28. The van der Waals surface area contributed by atoms with E-state index in [1.54, 1.807) is 12.1 Å². The van der Waals surface area contributed by atoms with Crippen molar-refractivity contribution in [1.82, 2.24) is 5.32 Å². The van der Waals surface area contributed by atoms with Gasteiger partial charge in [-0.05, 0) is 18.2 Å². The summed E-state index contributed by atoms with van der Waals surface area (Å²) in [6.07, 6.45) is -0.653. The Morgan fingerprint density at radius 1 is 1.07 bits per heavy atom. The van der Waals surface area contributed by atoms with Gasteiger partial charge in [-0.15, -0.1) is 0 Å². The lowest BCUT2D eigenvalue weighted by molar-refractivity contribution is 0.102. The molecule has 3 rings (SSSR count). The Morgan fingerprint density at radius 3 is 2.41 bits per heavy atom. The molecule has 1 aliphatic rings. The number of hydrogen-bond acceptors (Lipinski definition) is 4. The molecule has 0 bridgehead atoms. The molecule has 2 N–H and O–H groups in total. The standard InChI is InChI=1S/C18H18F2N2O4S/c1-26-16-10-27(24,25)9-15(16)22-18(23)21-14-8-3-2-5-11(14)17-12(19)6-4-7-13(17)20/h2-8,15-16H,9-10H2,1H3,(H2,21,22,23). The Kier molecular flexibility index (Phi) is 5.43. The van der Waals surface area contributed by atoms with E-state index in [0.717, 1.165) is 12.1 Å². The number of para-hydroxylation sites is 1. The summed E-state index contributed by atoms with van der Waals surface area (Å²) in [7, 11) is -1.93. The first-order chi connectivity index (χ1) is 12.8. The molecule has 0 aliphatic carbocycles. The predicted molar refractivity (Wildman–Crippen MR) is 97.2 cm³/mol. The molecule has 0 radical (unpaired) electrons. The fraction of sp³-hybridized carbons (Fsp3) is 0.278. The fourth-order valence-electron chi connectivity index (χ4n) is 3.07. The number of hydrogen-bond donors (Lipinski definition) is 2. The van der Waals surface area contributed by atoms with Crippen LogP contribution in [0.5, 0.6) is 0 Å². The van der Waals surface area contributed by atoms with Gasteiger partial charge < -0.3 is 15.4 Å². The van der Waals surface area contributed by atoms with E-state index in [1.807, 2.05) is 0 Å². The lowest BCUT2D eigenvalue weighted by atomic mass is 10.0. The molecule has 2 aromatic rings. The molecule has 2 unspecified atom stereocenters. The van der Waals surface area contributed by atoms with Gasteiger partial charge in [-0.2, -0.15) is 0 Å². The first kappa shape index (κ1) is 19.2. The third kappa shape index (κ3) is 4.25. The average Bonchev–Trinajstić information content (AvgIpc) is 2.89. The predicted octanol–water partition coefficient (Wildman–Crippen LogP) is 2.57. The second-order valence-corrected chi connectivity index (χ2v) is 8.35. The molecule has 0 saturated carbocycles. The number of halogens is 2. The van der Waals surface area contributed by atoms with Gasteiger partial charge in [-0.3, -0.25) is 0 Å². The number of nitrogens with one attached hydrogen (secondary N) is 2. The Bertz CT molecular complexity index is 945. The van der Waals surface area contributed by atoms with Crippen LogP contribution in [0.15, 0.2) is 42.5 Å². The van der Waals surface area contributed by atoms with Gasteiger partial charge in [0, 0.05) is 12.7 Å². The summed E-state index contributed by atoms with van der Waals surface area (Å²) in [6.45, 7) is 0. The van der Waals surface area contributed by atoms with Crippen LogP contribution in [0, 0.1) is 11.6 Å². The van der Waals surface area contributed by atoms with Crippen LogP contribution in [0.1, 0.15) is 0 Å². The summed E-state index contributed by atoms with van der Waals surface area (Å²) in [5.41, 5.74) is 0.103. The molecule has 6 nitrogen and oxygen atoms in total. The van der Waals surface area contributed by atoms with E-state index in [2.05, 4.69) is 10.6 Å². The largest absolute Gasteiger partial charge is 0.378 e. The summed E-state index contributed by atoms with van der Waals surface area (Å²) in [4.78, 5) is 12.3. The number of carbonyl (C=O) groups is 1. The van der Waals surface area contributed by atoms with Gasteiger partial charge in [0.2, 0.25) is 0 Å². The minimum Gasteiger partial charge on any atom is -0.378 e. The van der Waals surface area contributed by atoms with Crippen molar-refractivity contribution in [3.8, 4) is 11.1 Å². The number of ether oxygens (including phenoxy) is 1. The maximum atomic E-state index is 14.1. The Balaban J connectivity index is 1.82. The lowest BCUT2D eigenvalue weighted by Crippen LogP contribution is -2.45. The molecular weight excluding hydrogens is 378 g/mol. The number of methoxy groups -OCH3 is 1. The van der Waals surface area contributed by atoms with Gasteiger partial charge >= 0.3 is 6.03 Å². The number of benzene rings is 2. The Hall–Kier alpha value is -2.52. The molecule has 2 atom stereocenters. The minimum atomic E-state index is -3.30. The molecule has 27 heavy (non-hydrogen) atoms. The van der Waals surface area contributed by atoms with Crippen molar-refractivity contribution < 1.29 is 26.7 Å². The molecule has 1 fully saturated rings. The summed E-state index contributed by atoms with van der Waals surface area (Å²) < 4.78 is 56.8. The number of rotatable bonds is 4. The second kappa shape index (κ2) is 7.61. The van der Waals surface area contributed by atoms with Crippen LogP contribution in [0.25, 0.3) is 11.1 Å². The van der Waals surface area contributed by atoms with E-state index in [0.29, 0.717) is 0 Å². The van der Waals surface area contributed by atoms with Crippen LogP contribution in [-0.4, -0.2) is 45.2 Å². The van der Waals surface area contributed by atoms with Crippen LogP contribution < -0.4 is 10.6 Å². The highest BCUT2D eigenvalue weighted by Gasteiger charge is 2.38. The maximum Gasteiger partial charge on any atom is 0.319 e. The third-order valence-electron chi connectivity index (χ3n) is 4.33.